The largest absolute Gasteiger partial charge is 0.343 e. The molecular weight excluding hydrogens is 469 g/mol. The molecule has 3 aromatic rings. The van der Waals surface area contributed by atoms with Crippen molar-refractivity contribution in [3.05, 3.63) is 97.0 Å². The molecule has 0 aromatic heterocycles. The molecule has 0 aliphatic carbocycles. The lowest BCUT2D eigenvalue weighted by Crippen LogP contribution is -3.85. The molecule has 0 heterocycles. The van der Waals surface area contributed by atoms with Crippen molar-refractivity contribution in [1.29, 1.82) is 0 Å². The maximum absolute atomic E-state index is 12.9. The maximum atomic E-state index is 12.9. The van der Waals surface area contributed by atoms with Gasteiger partial charge in [-0.15, -0.1) is 0 Å². The van der Waals surface area contributed by atoms with Gasteiger partial charge in [0.1, 0.15) is 0 Å². The summed E-state index contributed by atoms with van der Waals surface area (Å²) in [6, 6.07) is 23.6. The average molecular weight is 484 g/mol. The van der Waals surface area contributed by atoms with Gasteiger partial charge >= 0.3 is 36.0 Å². The minimum absolute atomic E-state index is 0.369. The van der Waals surface area contributed by atoms with E-state index in [1.807, 2.05) is 60.7 Å². The number of halogens is 1. The zero-order valence-electron chi connectivity index (χ0n) is 13.4. The Morgan fingerprint density at radius 2 is 1.23 bits per heavy atom. The molecule has 0 unspecified atom stereocenters. The van der Waals surface area contributed by atoms with Crippen LogP contribution in [-0.4, -0.2) is 18.5 Å². The van der Waals surface area contributed by atoms with E-state index in [1.54, 1.807) is 0 Å². The fourth-order valence-electron chi connectivity index (χ4n) is 2.20. The maximum Gasteiger partial charge on any atom is 0.343 e. The molecule has 0 aliphatic rings. The standard InChI is InChI=1S/C18H15INO5S/c21-20(22)17-13-7-8-14-18(17)26(23,24)25-19(15-9-3-1-4-10-15)16-11-5-2-6-12-16/h1-14H,(H,21,22)/q+2. The minimum atomic E-state index is -4.26. The van der Waals surface area contributed by atoms with Gasteiger partial charge < -0.3 is 0 Å². The molecule has 3 rings (SSSR count). The van der Waals surface area contributed by atoms with Gasteiger partial charge in [-0.25, -0.2) is 5.21 Å². The lowest BCUT2D eigenvalue weighted by molar-refractivity contribution is -1.03. The van der Waals surface area contributed by atoms with Crippen LogP contribution in [0.25, 0.3) is 0 Å². The lowest BCUT2D eigenvalue weighted by atomic mass is 10.3. The molecule has 26 heavy (non-hydrogen) atoms. The minimum Gasteiger partial charge on any atom is -0.241 e. The molecule has 1 N–H and O–H groups in total. The Labute approximate surface area is 158 Å². The quantitative estimate of drug-likeness (QED) is 0.407. The first-order chi connectivity index (χ1) is 12.5. The number of hydrogen-bond donors (Lipinski definition) is 1. The fraction of sp³-hybridized carbons (Fsp3) is 0. The highest BCUT2D eigenvalue weighted by Gasteiger charge is 2.40. The summed E-state index contributed by atoms with van der Waals surface area (Å²) in [5.41, 5.74) is -0.385. The van der Waals surface area contributed by atoms with Crippen molar-refractivity contribution < 1.29 is 41.3 Å². The van der Waals surface area contributed by atoms with E-state index in [4.69, 9.17) is 2.51 Å². The van der Waals surface area contributed by atoms with Crippen LogP contribution >= 0.6 is 0 Å². The Hall–Kier alpha value is -2.30. The number of rotatable bonds is 6. The first-order valence-electron chi connectivity index (χ1n) is 7.49. The average Bonchev–Trinajstić information content (AvgIpc) is 2.67. The molecule has 0 saturated carbocycles. The summed E-state index contributed by atoms with van der Waals surface area (Å²) >= 11 is -2.80. The number of para-hydroxylation sites is 1. The number of benzene rings is 3. The molecule has 0 bridgehead atoms. The van der Waals surface area contributed by atoms with Crippen LogP contribution in [0.1, 0.15) is 0 Å². The third-order valence-corrected chi connectivity index (χ3v) is 10.7. The Kier molecular flexibility index (Phi) is 5.64. The van der Waals surface area contributed by atoms with Crippen LogP contribution < -0.4 is 20.2 Å². The summed E-state index contributed by atoms with van der Waals surface area (Å²) in [7, 11) is -4.26. The smallest absolute Gasteiger partial charge is 0.241 e. The van der Waals surface area contributed by atoms with Crippen molar-refractivity contribution in [2.75, 3.05) is 0 Å². The van der Waals surface area contributed by atoms with Gasteiger partial charge in [0.2, 0.25) is 0 Å². The molecule has 8 heteroatoms. The molecule has 1 radical (unpaired) electrons. The summed E-state index contributed by atoms with van der Waals surface area (Å²) in [6.45, 7) is 0. The van der Waals surface area contributed by atoms with Crippen molar-refractivity contribution in [2.24, 2.45) is 0 Å². The first kappa shape index (κ1) is 18.5. The van der Waals surface area contributed by atoms with Gasteiger partial charge in [0, 0.05) is 6.07 Å². The normalized spacial score (nSPS) is 11.4. The molecule has 0 fully saturated rings. The van der Waals surface area contributed by atoms with E-state index < -0.39 is 35.3 Å². The van der Waals surface area contributed by atoms with Crippen LogP contribution in [0.2, 0.25) is 0 Å². The lowest BCUT2D eigenvalue weighted by Gasteiger charge is -2.05. The van der Waals surface area contributed by atoms with Crippen molar-refractivity contribution in [1.82, 2.24) is 0 Å². The molecule has 6 nitrogen and oxygen atoms in total. The molecular formula is C18H15INO5S+2. The molecule has 0 aliphatic heterocycles. The Bertz CT molecular complexity index is 971. The second-order valence-electron chi connectivity index (χ2n) is 5.10. The van der Waals surface area contributed by atoms with Crippen LogP contribution in [0.15, 0.2) is 89.8 Å². The Balaban J connectivity index is 2.06. The molecule has 133 valence electrons. The van der Waals surface area contributed by atoms with Gasteiger partial charge in [-0.05, 0) is 32.8 Å². The summed E-state index contributed by atoms with van der Waals surface area (Å²) in [5.74, 6) is 0. The van der Waals surface area contributed by atoms with E-state index >= 15 is 0 Å². The fourth-order valence-corrected chi connectivity index (χ4v) is 9.33. The van der Waals surface area contributed by atoms with E-state index in [0.717, 1.165) is 7.14 Å². The third kappa shape index (κ3) is 4.09. The van der Waals surface area contributed by atoms with Gasteiger partial charge in [0.05, 0.1) is 4.91 Å². The van der Waals surface area contributed by atoms with E-state index in [2.05, 4.69) is 0 Å². The van der Waals surface area contributed by atoms with Crippen LogP contribution in [-0.2, 0) is 12.6 Å². The van der Waals surface area contributed by atoms with Gasteiger partial charge in [-0.2, -0.15) is 8.42 Å². The van der Waals surface area contributed by atoms with Crippen LogP contribution in [0.5, 0.6) is 0 Å². The SMILES string of the molecule is O=[N+](O)c1ccccc1S(=O)(=O)O[I+](c1ccccc1)c1ccccc1. The molecule has 0 amide bonds. The van der Waals surface area contributed by atoms with Gasteiger partial charge in [0.15, 0.2) is 12.0 Å². The second kappa shape index (κ2) is 7.94. The van der Waals surface area contributed by atoms with Gasteiger partial charge in [-0.1, -0.05) is 48.5 Å². The second-order valence-corrected chi connectivity index (χ2v) is 11.6. The van der Waals surface area contributed by atoms with Crippen LogP contribution in [0, 0.1) is 12.0 Å². The molecule has 3 aromatic carbocycles. The van der Waals surface area contributed by atoms with E-state index in [-0.39, 0.29) is 10.6 Å². The summed E-state index contributed by atoms with van der Waals surface area (Å²) in [6.07, 6.45) is 0. The highest BCUT2D eigenvalue weighted by molar-refractivity contribution is 7.86. The van der Waals surface area contributed by atoms with E-state index in [0.29, 0.717) is 0 Å². The summed E-state index contributed by atoms with van der Waals surface area (Å²) in [5, 5.41) is 9.21. The number of hydrogen-bond acceptors (Lipinski definition) is 4. The predicted octanol–water partition coefficient (Wildman–Crippen LogP) is 0.471. The number of nitrogens with zero attached hydrogens (tertiary/aromatic N) is 1. The first-order valence-corrected chi connectivity index (χ1v) is 11.9. The third-order valence-electron chi connectivity index (χ3n) is 3.35. The van der Waals surface area contributed by atoms with Crippen LogP contribution in [0.3, 0.4) is 0 Å². The highest BCUT2D eigenvalue weighted by atomic mass is 127. The molecule has 0 saturated heterocycles. The molecule has 0 spiro atoms. The topological polar surface area (TPSA) is 83.7 Å². The Morgan fingerprint density at radius 1 is 0.769 bits per heavy atom. The zero-order valence-corrected chi connectivity index (χ0v) is 16.4. The van der Waals surface area contributed by atoms with Crippen molar-refractivity contribution in [3.8, 4) is 0 Å². The summed E-state index contributed by atoms with van der Waals surface area (Å²) in [4.78, 5) is 10.5. The highest BCUT2D eigenvalue weighted by Crippen LogP contribution is 2.22. The molecule has 0 atom stereocenters. The van der Waals surface area contributed by atoms with E-state index in [1.165, 1.54) is 24.3 Å². The zero-order chi connectivity index (χ0) is 18.6. The van der Waals surface area contributed by atoms with Gasteiger partial charge in [-0.3, -0.25) is 0 Å². The monoisotopic (exact) mass is 484 g/mol. The van der Waals surface area contributed by atoms with Crippen molar-refractivity contribution in [3.63, 3.8) is 0 Å². The van der Waals surface area contributed by atoms with Crippen molar-refractivity contribution in [2.45, 2.75) is 4.90 Å². The predicted molar refractivity (Wildman–Crippen MR) is 90.1 cm³/mol. The summed E-state index contributed by atoms with van der Waals surface area (Å²) < 4.78 is 32.9. The van der Waals surface area contributed by atoms with E-state index in [9.17, 15) is 18.5 Å². The van der Waals surface area contributed by atoms with Gasteiger partial charge in [0.25, 0.3) is 4.92 Å². The van der Waals surface area contributed by atoms with Crippen LogP contribution in [0.4, 0.5) is 5.69 Å². The Morgan fingerprint density at radius 3 is 1.73 bits per heavy atom. The van der Waals surface area contributed by atoms with Crippen molar-refractivity contribution >= 4 is 15.8 Å².